The molecule has 0 spiro atoms. The minimum atomic E-state index is -1.31. The predicted molar refractivity (Wildman–Crippen MR) is 99.9 cm³/mol. The number of benzene rings is 2. The third-order valence-electron chi connectivity index (χ3n) is 3.71. The molecule has 0 aliphatic rings. The number of para-hydroxylation sites is 1. The van der Waals surface area contributed by atoms with Crippen LogP contribution in [-0.4, -0.2) is 22.6 Å². The van der Waals surface area contributed by atoms with Crippen molar-refractivity contribution >= 4 is 17.6 Å². The van der Waals surface area contributed by atoms with E-state index in [-0.39, 0.29) is 11.3 Å². The Morgan fingerprint density at radius 2 is 1.58 bits per heavy atom. The van der Waals surface area contributed by atoms with E-state index in [1.165, 1.54) is 12.1 Å². The van der Waals surface area contributed by atoms with Gasteiger partial charge in [-0.05, 0) is 57.5 Å². The first-order valence-corrected chi connectivity index (χ1v) is 8.23. The molecule has 1 amide bonds. The number of ether oxygens (including phenoxy) is 1. The van der Waals surface area contributed by atoms with Crippen LogP contribution in [0.3, 0.4) is 0 Å². The van der Waals surface area contributed by atoms with Crippen LogP contribution in [0, 0.1) is 0 Å². The van der Waals surface area contributed by atoms with Crippen LogP contribution in [-0.2, 0) is 15.1 Å². The lowest BCUT2D eigenvalue weighted by Gasteiger charge is -2.28. The third kappa shape index (κ3) is 4.61. The Morgan fingerprint density at radius 3 is 2.12 bits per heavy atom. The molecule has 0 heterocycles. The van der Waals surface area contributed by atoms with Gasteiger partial charge in [0, 0.05) is 5.69 Å². The summed E-state index contributed by atoms with van der Waals surface area (Å²) in [5.41, 5.74) is 5.46. The Kier molecular flexibility index (Phi) is 5.37. The number of hydrogen-bond acceptors (Lipinski definition) is 5. The summed E-state index contributed by atoms with van der Waals surface area (Å²) < 4.78 is 5.36. The van der Waals surface area contributed by atoms with Crippen LogP contribution in [0.4, 0.5) is 5.69 Å². The zero-order valence-corrected chi connectivity index (χ0v) is 15.4. The molecule has 6 heteroatoms. The average Bonchev–Trinajstić information content (AvgIpc) is 2.54. The van der Waals surface area contributed by atoms with Crippen molar-refractivity contribution in [3.63, 3.8) is 0 Å². The molecule has 0 saturated heterocycles. The number of phenols is 1. The average molecular weight is 356 g/mol. The molecule has 0 fully saturated rings. The summed E-state index contributed by atoms with van der Waals surface area (Å²) >= 11 is 0. The van der Waals surface area contributed by atoms with E-state index in [4.69, 9.17) is 10.5 Å². The van der Waals surface area contributed by atoms with E-state index in [1.807, 2.05) is 0 Å². The van der Waals surface area contributed by atoms with Gasteiger partial charge in [0.15, 0.2) is 0 Å². The zero-order valence-electron chi connectivity index (χ0n) is 15.4. The number of rotatable bonds is 4. The molecule has 0 bridgehead atoms. The molecule has 6 nitrogen and oxygen atoms in total. The van der Waals surface area contributed by atoms with Crippen molar-refractivity contribution in [2.45, 2.75) is 38.8 Å². The number of amides is 1. The SMILES string of the molecule is CC(C)(C)OC(=O)C(C)(N)c1ccc(NC(=O)c2ccccc2O)cc1. The van der Waals surface area contributed by atoms with Gasteiger partial charge in [-0.1, -0.05) is 24.3 Å². The highest BCUT2D eigenvalue weighted by atomic mass is 16.6. The van der Waals surface area contributed by atoms with Crippen molar-refractivity contribution in [2.24, 2.45) is 5.73 Å². The summed E-state index contributed by atoms with van der Waals surface area (Å²) in [5.74, 6) is -1.06. The quantitative estimate of drug-likeness (QED) is 0.731. The van der Waals surface area contributed by atoms with E-state index in [9.17, 15) is 14.7 Å². The van der Waals surface area contributed by atoms with Gasteiger partial charge in [0.05, 0.1) is 5.56 Å². The summed E-state index contributed by atoms with van der Waals surface area (Å²) in [6.45, 7) is 6.91. The summed E-state index contributed by atoms with van der Waals surface area (Å²) in [4.78, 5) is 24.5. The Morgan fingerprint density at radius 1 is 1.00 bits per heavy atom. The molecule has 1 atom stereocenters. The molecule has 2 aromatic carbocycles. The molecular weight excluding hydrogens is 332 g/mol. The fourth-order valence-electron chi connectivity index (χ4n) is 2.27. The van der Waals surface area contributed by atoms with Gasteiger partial charge in [0.1, 0.15) is 16.9 Å². The smallest absolute Gasteiger partial charge is 0.331 e. The van der Waals surface area contributed by atoms with Gasteiger partial charge in [-0.2, -0.15) is 0 Å². The highest BCUT2D eigenvalue weighted by molar-refractivity contribution is 6.06. The van der Waals surface area contributed by atoms with Crippen LogP contribution in [0.1, 0.15) is 43.6 Å². The van der Waals surface area contributed by atoms with Gasteiger partial charge in [-0.15, -0.1) is 0 Å². The molecule has 0 aliphatic carbocycles. The maximum Gasteiger partial charge on any atom is 0.331 e. The number of carbonyl (C=O) groups is 2. The number of hydrogen-bond donors (Lipinski definition) is 3. The molecule has 2 rings (SSSR count). The number of anilines is 1. The minimum Gasteiger partial charge on any atom is -0.507 e. The Bertz CT molecular complexity index is 805. The maximum absolute atomic E-state index is 12.3. The largest absolute Gasteiger partial charge is 0.507 e. The van der Waals surface area contributed by atoms with Gasteiger partial charge < -0.3 is 20.9 Å². The van der Waals surface area contributed by atoms with Crippen LogP contribution in [0.15, 0.2) is 48.5 Å². The minimum absolute atomic E-state index is 0.0962. The second-order valence-electron chi connectivity index (χ2n) is 7.25. The first kappa shape index (κ1) is 19.5. The number of esters is 1. The summed E-state index contributed by atoms with van der Waals surface area (Å²) in [6.07, 6.45) is 0. The lowest BCUT2D eigenvalue weighted by Crippen LogP contribution is -2.45. The first-order valence-electron chi connectivity index (χ1n) is 8.23. The molecule has 0 saturated carbocycles. The number of carbonyl (C=O) groups excluding carboxylic acids is 2. The Hall–Kier alpha value is -2.86. The van der Waals surface area contributed by atoms with Crippen LogP contribution in [0.25, 0.3) is 0 Å². The lowest BCUT2D eigenvalue weighted by atomic mass is 9.93. The van der Waals surface area contributed by atoms with Crippen molar-refractivity contribution in [3.05, 3.63) is 59.7 Å². The van der Waals surface area contributed by atoms with Gasteiger partial charge >= 0.3 is 5.97 Å². The summed E-state index contributed by atoms with van der Waals surface area (Å²) in [7, 11) is 0. The molecule has 26 heavy (non-hydrogen) atoms. The maximum atomic E-state index is 12.3. The second-order valence-corrected chi connectivity index (χ2v) is 7.25. The van der Waals surface area contributed by atoms with E-state index >= 15 is 0 Å². The first-order chi connectivity index (χ1) is 12.0. The van der Waals surface area contributed by atoms with Gasteiger partial charge in [0.25, 0.3) is 5.91 Å². The van der Waals surface area contributed by atoms with Crippen LogP contribution in [0.2, 0.25) is 0 Å². The summed E-state index contributed by atoms with van der Waals surface area (Å²) in [5, 5.41) is 12.4. The summed E-state index contributed by atoms with van der Waals surface area (Å²) in [6, 6.07) is 12.9. The molecular formula is C20H24N2O4. The van der Waals surface area contributed by atoms with Gasteiger partial charge in [-0.25, -0.2) is 4.79 Å². The molecule has 4 N–H and O–H groups in total. The topological polar surface area (TPSA) is 102 Å². The second kappa shape index (κ2) is 7.17. The number of aromatic hydroxyl groups is 1. The highest BCUT2D eigenvalue weighted by Crippen LogP contribution is 2.24. The predicted octanol–water partition coefficient (Wildman–Crippen LogP) is 3.16. The van der Waals surface area contributed by atoms with E-state index in [0.29, 0.717) is 11.3 Å². The van der Waals surface area contributed by atoms with Gasteiger partial charge in [0.2, 0.25) is 0 Å². The fourth-order valence-corrected chi connectivity index (χ4v) is 2.27. The number of nitrogens with two attached hydrogens (primary N) is 1. The Labute approximate surface area is 153 Å². The van der Waals surface area contributed by atoms with Crippen LogP contribution in [0.5, 0.6) is 5.75 Å². The van der Waals surface area contributed by atoms with Crippen LogP contribution >= 0.6 is 0 Å². The molecule has 0 aliphatic heterocycles. The molecule has 0 aromatic heterocycles. The fraction of sp³-hybridized carbons (Fsp3) is 0.300. The van der Waals surface area contributed by atoms with Crippen LogP contribution < -0.4 is 11.1 Å². The molecule has 138 valence electrons. The lowest BCUT2D eigenvalue weighted by molar-refractivity contribution is -0.161. The normalized spacial score (nSPS) is 13.6. The monoisotopic (exact) mass is 356 g/mol. The molecule has 2 aromatic rings. The molecule has 0 radical (unpaired) electrons. The van der Waals surface area contributed by atoms with Crippen molar-refractivity contribution in [1.29, 1.82) is 0 Å². The van der Waals surface area contributed by atoms with Crippen molar-refractivity contribution < 1.29 is 19.4 Å². The Balaban J connectivity index is 2.14. The zero-order chi connectivity index (χ0) is 19.5. The van der Waals surface area contributed by atoms with Crippen molar-refractivity contribution in [2.75, 3.05) is 5.32 Å². The van der Waals surface area contributed by atoms with E-state index in [2.05, 4.69) is 5.32 Å². The van der Waals surface area contributed by atoms with Gasteiger partial charge in [-0.3, -0.25) is 4.79 Å². The number of phenolic OH excluding ortho intramolecular Hbond substituents is 1. The standard InChI is InChI=1S/C20H24N2O4/c1-19(2,3)26-18(25)20(4,21)13-9-11-14(12-10-13)22-17(24)15-7-5-6-8-16(15)23/h5-12,23H,21H2,1-4H3,(H,22,24). The number of nitrogens with one attached hydrogen (secondary N) is 1. The van der Waals surface area contributed by atoms with E-state index in [1.54, 1.807) is 64.1 Å². The molecule has 1 unspecified atom stereocenters. The van der Waals surface area contributed by atoms with E-state index in [0.717, 1.165) is 0 Å². The third-order valence-corrected chi connectivity index (χ3v) is 3.71. The highest BCUT2D eigenvalue weighted by Gasteiger charge is 2.35. The van der Waals surface area contributed by atoms with E-state index < -0.39 is 23.0 Å². The van der Waals surface area contributed by atoms with Crippen molar-refractivity contribution in [3.8, 4) is 5.75 Å². The van der Waals surface area contributed by atoms with Crippen molar-refractivity contribution in [1.82, 2.24) is 0 Å².